The van der Waals surface area contributed by atoms with Gasteiger partial charge in [-0.1, -0.05) is 17.8 Å². The topological polar surface area (TPSA) is 52.2 Å². The Morgan fingerprint density at radius 3 is 2.67 bits per heavy atom. The fourth-order valence-electron chi connectivity index (χ4n) is 3.21. The lowest BCUT2D eigenvalue weighted by atomic mass is 10.2. The molecule has 0 aliphatic heterocycles. The molecular weight excluding hydrogens is 376 g/mol. The normalized spacial score (nSPS) is 11.9. The molecule has 5 nitrogen and oxygen atoms in total. The van der Waals surface area contributed by atoms with Crippen LogP contribution in [0.1, 0.15) is 41.6 Å². The zero-order chi connectivity index (χ0) is 19.3. The van der Waals surface area contributed by atoms with Crippen LogP contribution >= 0.6 is 23.1 Å². The zero-order valence-electron chi connectivity index (χ0n) is 16.1. The Labute approximate surface area is 166 Å². The molecule has 140 valence electrons. The number of aryl methyl sites for hydroxylation is 3. The van der Waals surface area contributed by atoms with Gasteiger partial charge in [-0.05, 0) is 51.8 Å². The second kappa shape index (κ2) is 6.80. The summed E-state index contributed by atoms with van der Waals surface area (Å²) in [5.41, 5.74) is 4.22. The molecule has 4 rings (SSSR count). The van der Waals surface area contributed by atoms with E-state index in [0.29, 0.717) is 5.75 Å². The molecule has 0 N–H and O–H groups in total. The van der Waals surface area contributed by atoms with E-state index in [-0.39, 0.29) is 11.6 Å². The Kier molecular flexibility index (Phi) is 4.60. The number of thioether (sulfide) groups is 1. The van der Waals surface area contributed by atoms with E-state index in [2.05, 4.69) is 24.2 Å². The minimum atomic E-state index is 0.0558. The second-order valence-electron chi connectivity index (χ2n) is 7.12. The minimum absolute atomic E-state index is 0.0558. The van der Waals surface area contributed by atoms with Crippen molar-refractivity contribution in [3.63, 3.8) is 0 Å². The third-order valence-corrected chi connectivity index (χ3v) is 6.80. The molecule has 4 aromatic heterocycles. The molecule has 0 aromatic carbocycles. The Hall–Kier alpha value is -2.12. The number of thiophene rings is 1. The Balaban J connectivity index is 1.73. The van der Waals surface area contributed by atoms with Gasteiger partial charge in [-0.2, -0.15) is 0 Å². The highest BCUT2D eigenvalue weighted by atomic mass is 32.2. The lowest BCUT2D eigenvalue weighted by molar-refractivity contribution is 0.519. The number of rotatable bonds is 4. The molecule has 7 heteroatoms. The van der Waals surface area contributed by atoms with Gasteiger partial charge < -0.3 is 4.40 Å². The van der Waals surface area contributed by atoms with Crippen molar-refractivity contribution < 1.29 is 0 Å². The quantitative estimate of drug-likeness (QED) is 0.362. The molecular formula is C20H22N4OS2. The summed E-state index contributed by atoms with van der Waals surface area (Å²) < 4.78 is 3.86. The fraction of sp³-hybridized carbons (Fsp3) is 0.350. The molecule has 0 fully saturated rings. The molecule has 0 aliphatic carbocycles. The number of pyridine rings is 1. The number of fused-ring (bicyclic) bond motifs is 2. The smallest absolute Gasteiger partial charge is 0.263 e. The van der Waals surface area contributed by atoms with Crippen molar-refractivity contribution in [1.29, 1.82) is 0 Å². The third kappa shape index (κ3) is 3.19. The minimum Gasteiger partial charge on any atom is -0.307 e. The van der Waals surface area contributed by atoms with Gasteiger partial charge in [0, 0.05) is 29.1 Å². The molecule has 0 bridgehead atoms. The van der Waals surface area contributed by atoms with Crippen molar-refractivity contribution in [3.8, 4) is 0 Å². The van der Waals surface area contributed by atoms with Crippen molar-refractivity contribution in [2.45, 2.75) is 51.6 Å². The average Bonchev–Trinajstić information content (AvgIpc) is 3.13. The number of aromatic nitrogens is 4. The lowest BCUT2D eigenvalue weighted by Crippen LogP contribution is -2.24. The predicted molar refractivity (Wildman–Crippen MR) is 113 cm³/mol. The summed E-state index contributed by atoms with van der Waals surface area (Å²) in [5.74, 6) is 0.675. The van der Waals surface area contributed by atoms with Crippen LogP contribution in [0.15, 0.2) is 34.5 Å². The fourth-order valence-corrected chi connectivity index (χ4v) is 5.29. The van der Waals surface area contributed by atoms with Gasteiger partial charge in [0.25, 0.3) is 5.56 Å². The van der Waals surface area contributed by atoms with Gasteiger partial charge in [0.2, 0.25) is 0 Å². The Morgan fingerprint density at radius 2 is 1.93 bits per heavy atom. The van der Waals surface area contributed by atoms with Gasteiger partial charge in [-0.25, -0.2) is 9.97 Å². The highest BCUT2D eigenvalue weighted by Gasteiger charge is 2.18. The molecule has 0 spiro atoms. The lowest BCUT2D eigenvalue weighted by Gasteiger charge is -2.15. The monoisotopic (exact) mass is 398 g/mol. The van der Waals surface area contributed by atoms with Gasteiger partial charge >= 0.3 is 0 Å². The summed E-state index contributed by atoms with van der Waals surface area (Å²) in [7, 11) is 0. The summed E-state index contributed by atoms with van der Waals surface area (Å²) in [6.45, 7) is 10.2. The van der Waals surface area contributed by atoms with E-state index in [0.717, 1.165) is 37.2 Å². The first kappa shape index (κ1) is 18.3. The summed E-state index contributed by atoms with van der Waals surface area (Å²) in [6, 6.07) is 4.14. The van der Waals surface area contributed by atoms with Crippen molar-refractivity contribution in [3.05, 3.63) is 56.6 Å². The standard InChI is InChI=1S/C20H22N4OS2/c1-11(2)24-19(25)17-13(4)14(5)27-18(17)22-20(24)26-10-15-9-23-8-12(3)6-7-16(23)21-15/h6-9,11H,10H2,1-5H3. The number of nitrogens with zero attached hydrogens (tertiary/aromatic N) is 4. The van der Waals surface area contributed by atoms with Gasteiger partial charge in [0.1, 0.15) is 10.5 Å². The SMILES string of the molecule is Cc1ccc2nc(CSc3nc4sc(C)c(C)c4c(=O)n3C(C)C)cn2c1. The molecule has 0 atom stereocenters. The number of hydrogen-bond acceptors (Lipinski definition) is 5. The van der Waals surface area contributed by atoms with Crippen LogP contribution in [0.2, 0.25) is 0 Å². The highest BCUT2D eigenvalue weighted by Crippen LogP contribution is 2.30. The van der Waals surface area contributed by atoms with E-state index in [4.69, 9.17) is 4.98 Å². The van der Waals surface area contributed by atoms with Gasteiger partial charge in [0.05, 0.1) is 11.1 Å². The molecule has 27 heavy (non-hydrogen) atoms. The number of hydrogen-bond donors (Lipinski definition) is 0. The first-order chi connectivity index (χ1) is 12.8. The van der Waals surface area contributed by atoms with Crippen molar-refractivity contribution in [1.82, 2.24) is 18.9 Å². The molecule has 0 amide bonds. The first-order valence-corrected chi connectivity index (χ1v) is 10.7. The van der Waals surface area contributed by atoms with Crippen LogP contribution in [0.4, 0.5) is 0 Å². The van der Waals surface area contributed by atoms with E-state index in [1.807, 2.05) is 48.9 Å². The van der Waals surface area contributed by atoms with Crippen LogP contribution in [0.3, 0.4) is 0 Å². The van der Waals surface area contributed by atoms with Crippen LogP contribution < -0.4 is 5.56 Å². The van der Waals surface area contributed by atoms with Gasteiger partial charge in [-0.3, -0.25) is 9.36 Å². The molecule has 4 aromatic rings. The van der Waals surface area contributed by atoms with E-state index in [9.17, 15) is 4.79 Å². The molecule has 0 unspecified atom stereocenters. The van der Waals surface area contributed by atoms with Gasteiger partial charge in [-0.15, -0.1) is 11.3 Å². The molecule has 4 heterocycles. The summed E-state index contributed by atoms with van der Waals surface area (Å²) in [4.78, 5) is 24.6. The maximum Gasteiger partial charge on any atom is 0.263 e. The van der Waals surface area contributed by atoms with E-state index in [1.165, 1.54) is 5.56 Å². The third-order valence-electron chi connectivity index (χ3n) is 4.72. The summed E-state index contributed by atoms with van der Waals surface area (Å²) in [5, 5.41) is 1.52. The molecule has 0 radical (unpaired) electrons. The van der Waals surface area contributed by atoms with Crippen LogP contribution in [-0.2, 0) is 5.75 Å². The van der Waals surface area contributed by atoms with E-state index in [1.54, 1.807) is 23.1 Å². The molecule has 0 saturated carbocycles. The second-order valence-corrected chi connectivity index (χ2v) is 9.27. The largest absolute Gasteiger partial charge is 0.307 e. The first-order valence-electron chi connectivity index (χ1n) is 8.94. The highest BCUT2D eigenvalue weighted by molar-refractivity contribution is 7.98. The maximum absolute atomic E-state index is 13.1. The van der Waals surface area contributed by atoms with Crippen molar-refractivity contribution in [2.75, 3.05) is 0 Å². The van der Waals surface area contributed by atoms with E-state index >= 15 is 0 Å². The predicted octanol–water partition coefficient (Wildman–Crippen LogP) is 4.90. The van der Waals surface area contributed by atoms with Crippen molar-refractivity contribution in [2.24, 2.45) is 0 Å². The summed E-state index contributed by atoms with van der Waals surface area (Å²) >= 11 is 3.17. The van der Waals surface area contributed by atoms with Crippen LogP contribution in [-0.4, -0.2) is 18.9 Å². The van der Waals surface area contributed by atoms with Gasteiger partial charge in [0.15, 0.2) is 5.16 Å². The van der Waals surface area contributed by atoms with Crippen LogP contribution in [0.25, 0.3) is 15.9 Å². The zero-order valence-corrected chi connectivity index (χ0v) is 17.7. The Bertz CT molecular complexity index is 1220. The number of imidazole rings is 1. The molecule has 0 aliphatic rings. The van der Waals surface area contributed by atoms with E-state index < -0.39 is 0 Å². The molecule has 0 saturated heterocycles. The Morgan fingerprint density at radius 1 is 1.15 bits per heavy atom. The van der Waals surface area contributed by atoms with Crippen LogP contribution in [0.5, 0.6) is 0 Å². The average molecular weight is 399 g/mol. The van der Waals surface area contributed by atoms with Crippen LogP contribution in [0, 0.1) is 20.8 Å². The van der Waals surface area contributed by atoms with Crippen molar-refractivity contribution >= 4 is 39.0 Å². The summed E-state index contributed by atoms with van der Waals surface area (Å²) in [6.07, 6.45) is 4.12. The maximum atomic E-state index is 13.1.